The van der Waals surface area contributed by atoms with Crippen LogP contribution in [-0.2, 0) is 13.5 Å². The van der Waals surface area contributed by atoms with Crippen LogP contribution in [0.25, 0.3) is 0 Å². The molecule has 96 valence electrons. The lowest BCUT2D eigenvalue weighted by atomic mass is 9.98. The number of benzene rings is 1. The summed E-state index contributed by atoms with van der Waals surface area (Å²) < 4.78 is 1.92. The number of nitrogens with zero attached hydrogens (tertiary/aromatic N) is 2. The van der Waals surface area contributed by atoms with Gasteiger partial charge in [-0.25, -0.2) is 0 Å². The first-order chi connectivity index (χ1) is 8.49. The fraction of sp³-hybridized carbons (Fsp3) is 0.400. The highest BCUT2D eigenvalue weighted by molar-refractivity contribution is 5.29. The first-order valence-electron chi connectivity index (χ1n) is 6.30. The van der Waals surface area contributed by atoms with E-state index in [0.29, 0.717) is 0 Å². The van der Waals surface area contributed by atoms with Crippen molar-refractivity contribution in [1.82, 2.24) is 9.78 Å². The maximum Gasteiger partial charge on any atom is 0.0629 e. The molecule has 1 aromatic heterocycles. The zero-order valence-electron chi connectivity index (χ0n) is 11.6. The highest BCUT2D eigenvalue weighted by Crippen LogP contribution is 2.21. The summed E-state index contributed by atoms with van der Waals surface area (Å²) in [5, 5.41) is 4.43. The van der Waals surface area contributed by atoms with Crippen molar-refractivity contribution in [3.8, 4) is 0 Å². The van der Waals surface area contributed by atoms with Crippen LogP contribution in [0.15, 0.2) is 24.3 Å². The molecule has 0 radical (unpaired) electrons. The lowest BCUT2D eigenvalue weighted by Gasteiger charge is -2.12. The molecule has 0 aliphatic carbocycles. The van der Waals surface area contributed by atoms with Gasteiger partial charge in [-0.1, -0.05) is 29.8 Å². The van der Waals surface area contributed by atoms with Crippen molar-refractivity contribution in [3.63, 3.8) is 0 Å². The zero-order valence-corrected chi connectivity index (χ0v) is 11.6. The van der Waals surface area contributed by atoms with Crippen molar-refractivity contribution in [2.75, 3.05) is 0 Å². The predicted molar refractivity (Wildman–Crippen MR) is 74.5 cm³/mol. The van der Waals surface area contributed by atoms with E-state index < -0.39 is 0 Å². The summed E-state index contributed by atoms with van der Waals surface area (Å²) in [6.07, 6.45) is 0.842. The third kappa shape index (κ3) is 2.46. The van der Waals surface area contributed by atoms with E-state index in [9.17, 15) is 0 Å². The van der Waals surface area contributed by atoms with Crippen LogP contribution in [0.1, 0.15) is 34.1 Å². The van der Waals surface area contributed by atoms with Gasteiger partial charge in [-0.3, -0.25) is 4.68 Å². The van der Waals surface area contributed by atoms with E-state index in [1.165, 1.54) is 22.4 Å². The van der Waals surface area contributed by atoms with Crippen molar-refractivity contribution < 1.29 is 0 Å². The molecular formula is C15H21N3. The maximum atomic E-state index is 6.29. The van der Waals surface area contributed by atoms with Crippen LogP contribution in [0.4, 0.5) is 0 Å². The van der Waals surface area contributed by atoms with E-state index in [1.807, 2.05) is 18.7 Å². The molecule has 0 saturated carbocycles. The van der Waals surface area contributed by atoms with Crippen LogP contribution in [0.5, 0.6) is 0 Å². The molecule has 1 heterocycles. The lowest BCUT2D eigenvalue weighted by molar-refractivity contribution is 0.707. The van der Waals surface area contributed by atoms with Crippen molar-refractivity contribution in [1.29, 1.82) is 0 Å². The Hall–Kier alpha value is -1.61. The van der Waals surface area contributed by atoms with Gasteiger partial charge in [0.1, 0.15) is 0 Å². The molecule has 18 heavy (non-hydrogen) atoms. The number of aromatic nitrogens is 2. The van der Waals surface area contributed by atoms with Gasteiger partial charge in [0.05, 0.1) is 5.69 Å². The first kappa shape index (κ1) is 12.8. The molecule has 0 aliphatic rings. The van der Waals surface area contributed by atoms with E-state index in [-0.39, 0.29) is 6.04 Å². The minimum atomic E-state index is 0.0344. The number of hydrogen-bond acceptors (Lipinski definition) is 2. The fourth-order valence-electron chi connectivity index (χ4n) is 2.26. The van der Waals surface area contributed by atoms with Crippen molar-refractivity contribution in [2.45, 2.75) is 33.2 Å². The Morgan fingerprint density at radius 2 is 1.78 bits per heavy atom. The Labute approximate surface area is 109 Å². The van der Waals surface area contributed by atoms with Gasteiger partial charge in [-0.05, 0) is 38.3 Å². The summed E-state index contributed by atoms with van der Waals surface area (Å²) in [4.78, 5) is 0. The van der Waals surface area contributed by atoms with Crippen LogP contribution in [-0.4, -0.2) is 9.78 Å². The second kappa shape index (κ2) is 4.94. The Morgan fingerprint density at radius 3 is 2.28 bits per heavy atom. The van der Waals surface area contributed by atoms with Crippen molar-refractivity contribution >= 4 is 0 Å². The van der Waals surface area contributed by atoms with Gasteiger partial charge in [-0.2, -0.15) is 5.10 Å². The highest BCUT2D eigenvalue weighted by atomic mass is 15.3. The number of aryl methyl sites for hydroxylation is 3. The van der Waals surface area contributed by atoms with Crippen LogP contribution in [0, 0.1) is 20.8 Å². The second-order valence-corrected chi connectivity index (χ2v) is 4.99. The van der Waals surface area contributed by atoms with Crippen LogP contribution in [0.3, 0.4) is 0 Å². The Morgan fingerprint density at radius 1 is 1.17 bits per heavy atom. The molecule has 0 aliphatic heterocycles. The molecule has 1 unspecified atom stereocenters. The second-order valence-electron chi connectivity index (χ2n) is 4.99. The number of nitrogens with two attached hydrogens (primary N) is 1. The lowest BCUT2D eigenvalue weighted by Crippen LogP contribution is -2.14. The van der Waals surface area contributed by atoms with Gasteiger partial charge in [0.2, 0.25) is 0 Å². The molecule has 2 rings (SSSR count). The van der Waals surface area contributed by atoms with Gasteiger partial charge < -0.3 is 5.73 Å². The summed E-state index contributed by atoms with van der Waals surface area (Å²) in [5.41, 5.74) is 12.3. The highest BCUT2D eigenvalue weighted by Gasteiger charge is 2.14. The van der Waals surface area contributed by atoms with Crippen molar-refractivity contribution in [3.05, 3.63) is 52.3 Å². The van der Waals surface area contributed by atoms with E-state index in [0.717, 1.165) is 12.1 Å². The minimum Gasteiger partial charge on any atom is -0.324 e. The van der Waals surface area contributed by atoms with E-state index in [4.69, 9.17) is 5.73 Å². The third-order valence-corrected chi connectivity index (χ3v) is 3.59. The van der Waals surface area contributed by atoms with E-state index in [2.05, 4.69) is 43.2 Å². The molecule has 3 nitrogen and oxygen atoms in total. The molecule has 2 N–H and O–H groups in total. The molecule has 1 atom stereocenters. The molecule has 0 bridgehead atoms. The van der Waals surface area contributed by atoms with Crippen LogP contribution in [0.2, 0.25) is 0 Å². The van der Waals surface area contributed by atoms with Crippen LogP contribution < -0.4 is 5.73 Å². The Balaban J connectivity index is 2.21. The van der Waals surface area contributed by atoms with Gasteiger partial charge >= 0.3 is 0 Å². The molecule has 0 amide bonds. The summed E-state index contributed by atoms with van der Waals surface area (Å²) in [5.74, 6) is 0. The minimum absolute atomic E-state index is 0.0344. The van der Waals surface area contributed by atoms with Crippen LogP contribution >= 0.6 is 0 Å². The van der Waals surface area contributed by atoms with E-state index >= 15 is 0 Å². The first-order valence-corrected chi connectivity index (χ1v) is 6.30. The average molecular weight is 243 g/mol. The maximum absolute atomic E-state index is 6.29. The summed E-state index contributed by atoms with van der Waals surface area (Å²) in [6.45, 7) is 6.23. The average Bonchev–Trinajstić information content (AvgIpc) is 2.57. The molecular weight excluding hydrogens is 222 g/mol. The van der Waals surface area contributed by atoms with Crippen molar-refractivity contribution in [2.24, 2.45) is 12.8 Å². The number of rotatable bonds is 3. The molecule has 0 spiro atoms. The smallest absolute Gasteiger partial charge is 0.0629 e. The molecule has 0 fully saturated rings. The molecule has 3 heteroatoms. The monoisotopic (exact) mass is 243 g/mol. The SMILES string of the molecule is Cc1ccc(C(N)Cc2c(C)nn(C)c2C)cc1. The zero-order chi connectivity index (χ0) is 13.3. The summed E-state index contributed by atoms with van der Waals surface area (Å²) >= 11 is 0. The van der Waals surface area contributed by atoms with Gasteiger partial charge in [0.15, 0.2) is 0 Å². The molecule has 2 aromatic rings. The van der Waals surface area contributed by atoms with E-state index in [1.54, 1.807) is 0 Å². The standard InChI is InChI=1S/C15H21N3/c1-10-5-7-13(8-6-10)15(16)9-14-11(2)17-18(4)12(14)3/h5-8,15H,9,16H2,1-4H3. The molecule has 1 aromatic carbocycles. The summed E-state index contributed by atoms with van der Waals surface area (Å²) in [7, 11) is 1.98. The largest absolute Gasteiger partial charge is 0.324 e. The topological polar surface area (TPSA) is 43.8 Å². The Kier molecular flexibility index (Phi) is 3.53. The van der Waals surface area contributed by atoms with Gasteiger partial charge in [-0.15, -0.1) is 0 Å². The summed E-state index contributed by atoms with van der Waals surface area (Å²) in [6, 6.07) is 8.48. The molecule has 0 saturated heterocycles. The quantitative estimate of drug-likeness (QED) is 0.900. The van der Waals surface area contributed by atoms with Gasteiger partial charge in [0, 0.05) is 18.8 Å². The Bertz CT molecular complexity index is 538. The normalized spacial score (nSPS) is 12.7. The predicted octanol–water partition coefficient (Wildman–Crippen LogP) is 2.59. The third-order valence-electron chi connectivity index (χ3n) is 3.59. The number of hydrogen-bond donors (Lipinski definition) is 1. The van der Waals surface area contributed by atoms with Gasteiger partial charge in [0.25, 0.3) is 0 Å². The fourth-order valence-corrected chi connectivity index (χ4v) is 2.26.